The molecular formula is C11H12BrClN2O2. The van der Waals surface area contributed by atoms with E-state index < -0.39 is 0 Å². The Morgan fingerprint density at radius 1 is 1.53 bits per heavy atom. The molecule has 1 aliphatic rings. The maximum Gasteiger partial charge on any atom is 0.166 e. The first-order valence-electron chi connectivity index (χ1n) is 5.22. The number of nitrogens with one attached hydrogen (secondary N) is 1. The zero-order valence-corrected chi connectivity index (χ0v) is 11.4. The number of para-hydroxylation sites is 1. The van der Waals surface area contributed by atoms with Crippen molar-refractivity contribution < 1.29 is 9.57 Å². The molecule has 0 saturated heterocycles. The first kappa shape index (κ1) is 12.7. The molecule has 0 saturated carbocycles. The van der Waals surface area contributed by atoms with Crippen LogP contribution in [0.25, 0.3) is 0 Å². The molecule has 0 aromatic heterocycles. The lowest BCUT2D eigenvalue weighted by Crippen LogP contribution is -2.20. The predicted octanol–water partition coefficient (Wildman–Crippen LogP) is 2.72. The lowest BCUT2D eigenvalue weighted by molar-refractivity contribution is 0.0468. The molecule has 1 unspecified atom stereocenters. The van der Waals surface area contributed by atoms with Gasteiger partial charge in [0.25, 0.3) is 0 Å². The Kier molecular flexibility index (Phi) is 4.65. The SMILES string of the molecule is ClNCC1=NOC(COc2ccccc2Br)C1. The number of benzene rings is 1. The first-order chi connectivity index (χ1) is 8.29. The Hall–Kier alpha value is -0.780. The van der Waals surface area contributed by atoms with Gasteiger partial charge < -0.3 is 9.57 Å². The fourth-order valence-electron chi connectivity index (χ4n) is 1.50. The molecule has 0 aliphatic carbocycles. The van der Waals surface area contributed by atoms with E-state index in [-0.39, 0.29) is 6.10 Å². The average Bonchev–Trinajstić information content (AvgIpc) is 2.76. The minimum absolute atomic E-state index is 0.0397. The van der Waals surface area contributed by atoms with Crippen molar-refractivity contribution in [2.75, 3.05) is 13.2 Å². The molecule has 0 radical (unpaired) electrons. The van der Waals surface area contributed by atoms with Crippen LogP contribution in [0, 0.1) is 0 Å². The van der Waals surface area contributed by atoms with Crippen molar-refractivity contribution in [2.45, 2.75) is 12.5 Å². The molecule has 1 aromatic rings. The molecule has 6 heteroatoms. The Balaban J connectivity index is 1.79. The van der Waals surface area contributed by atoms with Crippen LogP contribution in [0.3, 0.4) is 0 Å². The third kappa shape index (κ3) is 3.59. The van der Waals surface area contributed by atoms with Crippen molar-refractivity contribution in [1.29, 1.82) is 0 Å². The number of rotatable bonds is 5. The van der Waals surface area contributed by atoms with Crippen LogP contribution in [0.1, 0.15) is 6.42 Å². The molecule has 1 aliphatic heterocycles. The van der Waals surface area contributed by atoms with E-state index >= 15 is 0 Å². The summed E-state index contributed by atoms with van der Waals surface area (Å²) in [5.74, 6) is 0.806. The maximum atomic E-state index is 5.65. The molecule has 1 heterocycles. The molecule has 0 bridgehead atoms. The summed E-state index contributed by atoms with van der Waals surface area (Å²) in [6.07, 6.45) is 0.701. The Bertz CT molecular complexity index is 414. The minimum Gasteiger partial charge on any atom is -0.488 e. The Morgan fingerprint density at radius 3 is 3.12 bits per heavy atom. The van der Waals surface area contributed by atoms with Gasteiger partial charge in [-0.15, -0.1) is 0 Å². The van der Waals surface area contributed by atoms with Crippen LogP contribution in [0.2, 0.25) is 0 Å². The molecule has 2 rings (SSSR count). The summed E-state index contributed by atoms with van der Waals surface area (Å²) in [5.41, 5.74) is 0.903. The van der Waals surface area contributed by atoms with Gasteiger partial charge >= 0.3 is 0 Å². The Labute approximate surface area is 113 Å². The van der Waals surface area contributed by atoms with Gasteiger partial charge in [0.15, 0.2) is 6.10 Å². The van der Waals surface area contributed by atoms with E-state index in [4.69, 9.17) is 21.4 Å². The number of oxime groups is 1. The minimum atomic E-state index is -0.0397. The first-order valence-corrected chi connectivity index (χ1v) is 6.39. The van der Waals surface area contributed by atoms with Crippen molar-refractivity contribution in [3.05, 3.63) is 28.7 Å². The van der Waals surface area contributed by atoms with Crippen LogP contribution in [0.4, 0.5) is 0 Å². The lowest BCUT2D eigenvalue weighted by atomic mass is 10.2. The molecule has 92 valence electrons. The van der Waals surface area contributed by atoms with Crippen molar-refractivity contribution in [2.24, 2.45) is 5.16 Å². The third-order valence-electron chi connectivity index (χ3n) is 2.33. The van der Waals surface area contributed by atoms with E-state index in [0.29, 0.717) is 13.2 Å². The zero-order valence-electron chi connectivity index (χ0n) is 9.03. The van der Waals surface area contributed by atoms with Crippen molar-refractivity contribution >= 4 is 33.4 Å². The molecule has 0 fully saturated rings. The van der Waals surface area contributed by atoms with Crippen LogP contribution in [0.15, 0.2) is 33.9 Å². The van der Waals surface area contributed by atoms with Gasteiger partial charge in [-0.25, -0.2) is 4.84 Å². The summed E-state index contributed by atoms with van der Waals surface area (Å²) in [7, 11) is 0. The second-order valence-electron chi connectivity index (χ2n) is 3.64. The number of hydrogen-bond donors (Lipinski definition) is 1. The summed E-state index contributed by atoms with van der Waals surface area (Å²) in [4.78, 5) is 7.75. The van der Waals surface area contributed by atoms with Gasteiger partial charge in [-0.05, 0) is 39.8 Å². The van der Waals surface area contributed by atoms with Crippen LogP contribution in [0.5, 0.6) is 5.75 Å². The number of hydrogen-bond acceptors (Lipinski definition) is 4. The summed E-state index contributed by atoms with van der Waals surface area (Å²) in [5, 5.41) is 3.92. The highest BCUT2D eigenvalue weighted by Crippen LogP contribution is 2.24. The third-order valence-corrected chi connectivity index (χ3v) is 3.12. The number of ether oxygens (including phenoxy) is 1. The van der Waals surface area contributed by atoms with E-state index in [1.807, 2.05) is 24.3 Å². The second-order valence-corrected chi connectivity index (χ2v) is 4.76. The highest BCUT2D eigenvalue weighted by Gasteiger charge is 2.21. The molecule has 17 heavy (non-hydrogen) atoms. The monoisotopic (exact) mass is 318 g/mol. The number of halogens is 2. The summed E-state index contributed by atoms with van der Waals surface area (Å²) < 4.78 is 6.58. The zero-order chi connectivity index (χ0) is 12.1. The lowest BCUT2D eigenvalue weighted by Gasteiger charge is -2.11. The van der Waals surface area contributed by atoms with Gasteiger partial charge in [0, 0.05) is 6.42 Å². The summed E-state index contributed by atoms with van der Waals surface area (Å²) in [6.45, 7) is 1.00. The van der Waals surface area contributed by atoms with Crippen LogP contribution < -0.4 is 9.57 Å². The molecule has 1 N–H and O–H groups in total. The van der Waals surface area contributed by atoms with E-state index in [1.54, 1.807) is 0 Å². The van der Waals surface area contributed by atoms with Crippen molar-refractivity contribution in [3.63, 3.8) is 0 Å². The average molecular weight is 320 g/mol. The Morgan fingerprint density at radius 2 is 2.35 bits per heavy atom. The molecule has 0 amide bonds. The van der Waals surface area contributed by atoms with Crippen LogP contribution in [-0.2, 0) is 4.84 Å². The van der Waals surface area contributed by atoms with Crippen molar-refractivity contribution in [3.8, 4) is 5.75 Å². The van der Waals surface area contributed by atoms with Crippen LogP contribution >= 0.6 is 27.7 Å². The van der Waals surface area contributed by atoms with E-state index in [2.05, 4.69) is 25.9 Å². The summed E-state index contributed by atoms with van der Waals surface area (Å²) >= 11 is 8.82. The molecular weight excluding hydrogens is 307 g/mol. The van der Waals surface area contributed by atoms with Gasteiger partial charge in [0.2, 0.25) is 0 Å². The van der Waals surface area contributed by atoms with E-state index in [0.717, 1.165) is 22.4 Å². The van der Waals surface area contributed by atoms with Crippen molar-refractivity contribution in [1.82, 2.24) is 4.84 Å². The molecule has 1 aromatic carbocycles. The van der Waals surface area contributed by atoms with E-state index in [1.165, 1.54) is 0 Å². The van der Waals surface area contributed by atoms with Gasteiger partial charge in [-0.3, -0.25) is 0 Å². The highest BCUT2D eigenvalue weighted by molar-refractivity contribution is 9.10. The maximum absolute atomic E-state index is 5.65. The topological polar surface area (TPSA) is 42.9 Å². The molecule has 1 atom stereocenters. The van der Waals surface area contributed by atoms with E-state index in [9.17, 15) is 0 Å². The standard InChI is InChI=1S/C11H12BrClN2O2/c12-10-3-1-2-4-11(10)16-7-9-5-8(6-14-13)15-17-9/h1-4,9,14H,5-7H2. The normalized spacial score (nSPS) is 18.7. The molecule has 0 spiro atoms. The largest absolute Gasteiger partial charge is 0.488 e. The quantitative estimate of drug-likeness (QED) is 0.849. The van der Waals surface area contributed by atoms with Gasteiger partial charge in [0.05, 0.1) is 16.7 Å². The molecule has 4 nitrogen and oxygen atoms in total. The summed E-state index contributed by atoms with van der Waals surface area (Å²) in [6, 6.07) is 7.70. The fraction of sp³-hybridized carbons (Fsp3) is 0.364. The second kappa shape index (κ2) is 6.23. The van der Waals surface area contributed by atoms with Gasteiger partial charge in [-0.1, -0.05) is 17.3 Å². The predicted molar refractivity (Wildman–Crippen MR) is 70.4 cm³/mol. The number of nitrogens with zero attached hydrogens (tertiary/aromatic N) is 1. The van der Waals surface area contributed by atoms with Gasteiger partial charge in [0.1, 0.15) is 12.4 Å². The highest BCUT2D eigenvalue weighted by atomic mass is 79.9. The fourth-order valence-corrected chi connectivity index (χ4v) is 2.06. The van der Waals surface area contributed by atoms with Crippen LogP contribution in [-0.4, -0.2) is 25.0 Å². The van der Waals surface area contributed by atoms with Gasteiger partial charge in [-0.2, -0.15) is 0 Å². The smallest absolute Gasteiger partial charge is 0.166 e.